The molecule has 7 heteroatoms. The normalized spacial score (nSPS) is 11.6. The van der Waals surface area contributed by atoms with Gasteiger partial charge in [0.1, 0.15) is 5.75 Å². The molecule has 0 heterocycles. The largest absolute Gasteiger partial charge is 0.496 e. The number of amides is 1. The predicted octanol–water partition coefficient (Wildman–Crippen LogP) is 2.00. The van der Waals surface area contributed by atoms with Crippen molar-refractivity contribution < 1.29 is 19.6 Å². The number of carbonyl (C=O) groups excluding carboxylic acids is 1. The summed E-state index contributed by atoms with van der Waals surface area (Å²) in [6.45, 7) is 0.0196. The molecule has 0 bridgehead atoms. The van der Waals surface area contributed by atoms with Gasteiger partial charge in [-0.3, -0.25) is 14.9 Å². The molecule has 0 aromatic heterocycles. The van der Waals surface area contributed by atoms with Crippen molar-refractivity contribution in [1.29, 1.82) is 0 Å². The zero-order chi connectivity index (χ0) is 17.5. The first kappa shape index (κ1) is 17.4. The van der Waals surface area contributed by atoms with Crippen molar-refractivity contribution >= 4 is 11.6 Å². The van der Waals surface area contributed by atoms with Crippen molar-refractivity contribution in [1.82, 2.24) is 5.32 Å². The molecule has 0 saturated heterocycles. The van der Waals surface area contributed by atoms with Crippen LogP contribution in [0.1, 0.15) is 17.2 Å². The number of benzene rings is 2. The highest BCUT2D eigenvalue weighted by molar-refractivity contribution is 5.79. The van der Waals surface area contributed by atoms with Crippen molar-refractivity contribution in [3.05, 3.63) is 69.8 Å². The first-order valence-corrected chi connectivity index (χ1v) is 7.32. The van der Waals surface area contributed by atoms with Crippen LogP contribution in [0.4, 0.5) is 5.69 Å². The Bertz CT molecular complexity index is 715. The fraction of sp³-hybridized carbons (Fsp3) is 0.235. The lowest BCUT2D eigenvalue weighted by atomic mass is 10.1. The molecule has 2 aromatic carbocycles. The number of para-hydroxylation sites is 1. The third-order valence-electron chi connectivity index (χ3n) is 3.52. The van der Waals surface area contributed by atoms with Crippen LogP contribution >= 0.6 is 0 Å². The molecule has 0 radical (unpaired) electrons. The molecule has 7 nitrogen and oxygen atoms in total. The van der Waals surface area contributed by atoms with E-state index in [9.17, 15) is 20.0 Å². The summed E-state index contributed by atoms with van der Waals surface area (Å²) in [5.74, 6) is 0.379. The number of hydrogen-bond donors (Lipinski definition) is 2. The Hall–Kier alpha value is -2.93. The SMILES string of the molecule is COc1ccccc1CC(=O)NC[C@@H](O)c1ccc([N+](=O)[O-])cc1. The van der Waals surface area contributed by atoms with Gasteiger partial charge in [-0.05, 0) is 23.8 Å². The van der Waals surface area contributed by atoms with Crippen LogP contribution < -0.4 is 10.1 Å². The monoisotopic (exact) mass is 330 g/mol. The van der Waals surface area contributed by atoms with E-state index in [0.717, 1.165) is 5.56 Å². The number of nitrogens with zero attached hydrogens (tertiary/aromatic N) is 1. The highest BCUT2D eigenvalue weighted by atomic mass is 16.6. The predicted molar refractivity (Wildman–Crippen MR) is 87.8 cm³/mol. The molecule has 2 N–H and O–H groups in total. The summed E-state index contributed by atoms with van der Waals surface area (Å²) in [4.78, 5) is 22.1. The van der Waals surface area contributed by atoms with Gasteiger partial charge >= 0.3 is 0 Å². The molecule has 0 aliphatic carbocycles. The van der Waals surface area contributed by atoms with E-state index in [4.69, 9.17) is 4.74 Å². The van der Waals surface area contributed by atoms with Gasteiger partial charge in [0.25, 0.3) is 5.69 Å². The molecule has 24 heavy (non-hydrogen) atoms. The first-order chi connectivity index (χ1) is 11.5. The van der Waals surface area contributed by atoms with E-state index in [1.807, 2.05) is 12.1 Å². The quantitative estimate of drug-likeness (QED) is 0.597. The van der Waals surface area contributed by atoms with Crippen molar-refractivity contribution in [3.8, 4) is 5.75 Å². The molecule has 0 aliphatic heterocycles. The van der Waals surface area contributed by atoms with Crippen LogP contribution in [0.15, 0.2) is 48.5 Å². The topological polar surface area (TPSA) is 102 Å². The maximum absolute atomic E-state index is 12.0. The van der Waals surface area contributed by atoms with Gasteiger partial charge in [0, 0.05) is 24.2 Å². The molecule has 1 amide bonds. The number of carbonyl (C=O) groups is 1. The number of non-ortho nitro benzene ring substituents is 1. The molecule has 2 rings (SSSR count). The Morgan fingerprint density at radius 3 is 2.54 bits per heavy atom. The van der Waals surface area contributed by atoms with Crippen LogP contribution in [0.5, 0.6) is 5.75 Å². The minimum atomic E-state index is -0.938. The van der Waals surface area contributed by atoms with Gasteiger partial charge in [-0.25, -0.2) is 0 Å². The van der Waals surface area contributed by atoms with Gasteiger partial charge in [0.2, 0.25) is 5.91 Å². The van der Waals surface area contributed by atoms with Gasteiger partial charge in [-0.15, -0.1) is 0 Å². The number of aliphatic hydroxyl groups is 1. The number of aliphatic hydroxyl groups excluding tert-OH is 1. The Balaban J connectivity index is 1.90. The molecule has 0 spiro atoms. The number of rotatable bonds is 7. The first-order valence-electron chi connectivity index (χ1n) is 7.32. The van der Waals surface area contributed by atoms with E-state index in [0.29, 0.717) is 11.3 Å². The standard InChI is InChI=1S/C17H18N2O5/c1-24-16-5-3-2-4-13(16)10-17(21)18-11-15(20)12-6-8-14(9-7-12)19(22)23/h2-9,15,20H,10-11H2,1H3,(H,18,21)/t15-/m1/s1. The summed E-state index contributed by atoms with van der Waals surface area (Å²) >= 11 is 0. The Labute approximate surface area is 139 Å². The average molecular weight is 330 g/mol. The maximum Gasteiger partial charge on any atom is 0.269 e. The van der Waals surface area contributed by atoms with Crippen LogP contribution in [0, 0.1) is 10.1 Å². The minimum Gasteiger partial charge on any atom is -0.496 e. The fourth-order valence-corrected chi connectivity index (χ4v) is 2.23. The summed E-state index contributed by atoms with van der Waals surface area (Å²) in [7, 11) is 1.54. The highest BCUT2D eigenvalue weighted by Gasteiger charge is 2.13. The molecule has 1 atom stereocenters. The van der Waals surface area contributed by atoms with Gasteiger partial charge in [-0.2, -0.15) is 0 Å². The Kier molecular flexibility index (Phi) is 5.86. The third-order valence-corrected chi connectivity index (χ3v) is 3.52. The summed E-state index contributed by atoms with van der Waals surface area (Å²) < 4.78 is 5.19. The molecule has 0 unspecified atom stereocenters. The Morgan fingerprint density at radius 1 is 1.25 bits per heavy atom. The fourth-order valence-electron chi connectivity index (χ4n) is 2.23. The molecule has 2 aromatic rings. The highest BCUT2D eigenvalue weighted by Crippen LogP contribution is 2.19. The van der Waals surface area contributed by atoms with E-state index in [1.165, 1.54) is 31.4 Å². The van der Waals surface area contributed by atoms with E-state index in [2.05, 4.69) is 5.32 Å². The van der Waals surface area contributed by atoms with Crippen molar-refractivity contribution in [3.63, 3.8) is 0 Å². The summed E-state index contributed by atoms with van der Waals surface area (Å²) in [6, 6.07) is 12.8. The molecular formula is C17H18N2O5. The van der Waals surface area contributed by atoms with Gasteiger partial charge in [-0.1, -0.05) is 18.2 Å². The van der Waals surface area contributed by atoms with Gasteiger partial charge in [0.05, 0.1) is 24.6 Å². The molecular weight excluding hydrogens is 312 g/mol. The molecule has 0 fully saturated rings. The second kappa shape index (κ2) is 8.07. The van der Waals surface area contributed by atoms with Gasteiger partial charge in [0.15, 0.2) is 0 Å². The van der Waals surface area contributed by atoms with E-state index < -0.39 is 11.0 Å². The van der Waals surface area contributed by atoms with Crippen LogP contribution in [0.2, 0.25) is 0 Å². The number of hydrogen-bond acceptors (Lipinski definition) is 5. The number of methoxy groups -OCH3 is 1. The lowest BCUT2D eigenvalue weighted by Crippen LogP contribution is -2.29. The van der Waals surface area contributed by atoms with E-state index in [1.54, 1.807) is 12.1 Å². The number of nitro benzene ring substituents is 1. The molecule has 0 aliphatic rings. The van der Waals surface area contributed by atoms with Crippen molar-refractivity contribution in [2.75, 3.05) is 13.7 Å². The van der Waals surface area contributed by atoms with E-state index >= 15 is 0 Å². The van der Waals surface area contributed by atoms with Crippen LogP contribution in [0.25, 0.3) is 0 Å². The number of nitrogens with one attached hydrogen (secondary N) is 1. The minimum absolute atomic E-state index is 0.0196. The summed E-state index contributed by atoms with van der Waals surface area (Å²) in [6.07, 6.45) is -0.802. The van der Waals surface area contributed by atoms with Gasteiger partial charge < -0.3 is 15.2 Å². The van der Waals surface area contributed by atoms with Crippen molar-refractivity contribution in [2.45, 2.75) is 12.5 Å². The second-order valence-electron chi connectivity index (χ2n) is 5.16. The second-order valence-corrected chi connectivity index (χ2v) is 5.16. The summed E-state index contributed by atoms with van der Waals surface area (Å²) in [5, 5.41) is 23.3. The number of ether oxygens (including phenoxy) is 1. The molecule has 126 valence electrons. The zero-order valence-corrected chi connectivity index (χ0v) is 13.1. The summed E-state index contributed by atoms with van der Waals surface area (Å²) in [5.41, 5.74) is 1.20. The zero-order valence-electron chi connectivity index (χ0n) is 13.1. The number of nitro groups is 1. The Morgan fingerprint density at radius 2 is 1.92 bits per heavy atom. The molecule has 0 saturated carbocycles. The lowest BCUT2D eigenvalue weighted by Gasteiger charge is -2.13. The van der Waals surface area contributed by atoms with Crippen LogP contribution in [0.3, 0.4) is 0 Å². The van der Waals surface area contributed by atoms with Crippen LogP contribution in [-0.4, -0.2) is 29.6 Å². The smallest absolute Gasteiger partial charge is 0.269 e. The third kappa shape index (κ3) is 4.53. The lowest BCUT2D eigenvalue weighted by molar-refractivity contribution is -0.384. The maximum atomic E-state index is 12.0. The van der Waals surface area contributed by atoms with Crippen LogP contribution in [-0.2, 0) is 11.2 Å². The van der Waals surface area contributed by atoms with Crippen molar-refractivity contribution in [2.24, 2.45) is 0 Å². The van der Waals surface area contributed by atoms with E-state index in [-0.39, 0.29) is 24.6 Å². The average Bonchev–Trinajstić information content (AvgIpc) is 2.60.